The van der Waals surface area contributed by atoms with Crippen molar-refractivity contribution in [3.05, 3.63) is 40.0 Å². The Bertz CT molecular complexity index is 1310. The summed E-state index contributed by atoms with van der Waals surface area (Å²) in [7, 11) is -1.18. The second-order valence-corrected chi connectivity index (χ2v) is 19.0. The maximum Gasteiger partial charge on any atom is 0.410 e. The number of carbonyl (C=O) groups is 1. The van der Waals surface area contributed by atoms with Crippen LogP contribution in [-0.2, 0) is 16.2 Å². The summed E-state index contributed by atoms with van der Waals surface area (Å²) in [6.07, 6.45) is 5.09. The van der Waals surface area contributed by atoms with Gasteiger partial charge in [0.1, 0.15) is 18.1 Å². The lowest BCUT2D eigenvalue weighted by molar-refractivity contribution is 0.0189. The summed E-state index contributed by atoms with van der Waals surface area (Å²) in [5.41, 5.74) is 1.90. The van der Waals surface area contributed by atoms with Crippen molar-refractivity contribution in [3.63, 3.8) is 0 Å². The molecule has 1 saturated heterocycles. The molecule has 0 bridgehead atoms. The third-order valence-electron chi connectivity index (χ3n) is 6.61. The fraction of sp³-hybridized carbons (Fsp3) is 0.556. The Morgan fingerprint density at radius 2 is 1.87 bits per heavy atom. The van der Waals surface area contributed by atoms with E-state index in [0.29, 0.717) is 36.1 Å². The van der Waals surface area contributed by atoms with Gasteiger partial charge in [0, 0.05) is 62.7 Å². The minimum atomic E-state index is -1.18. The monoisotopic (exact) mass is 626 g/mol. The molecule has 0 radical (unpaired) electrons. The molecule has 7 nitrogen and oxygen atoms in total. The summed E-state index contributed by atoms with van der Waals surface area (Å²) in [5, 5.41) is 5.72. The zero-order valence-electron chi connectivity index (χ0n) is 23.0. The average Bonchev–Trinajstić information content (AvgIpc) is 3.35. The van der Waals surface area contributed by atoms with Gasteiger partial charge in [0.05, 0.1) is 9.99 Å². The van der Waals surface area contributed by atoms with Gasteiger partial charge in [-0.1, -0.05) is 31.2 Å². The van der Waals surface area contributed by atoms with Gasteiger partial charge >= 0.3 is 6.09 Å². The maximum absolute atomic E-state index is 14.7. The smallest absolute Gasteiger partial charge is 0.410 e. The van der Waals surface area contributed by atoms with Gasteiger partial charge < -0.3 is 18.9 Å². The Balaban J connectivity index is 1.58. The lowest BCUT2D eigenvalue weighted by Crippen LogP contribution is -2.42. The number of aromatic nitrogens is 3. The number of hydrogen-bond acceptors (Lipinski definition) is 4. The van der Waals surface area contributed by atoms with Crippen molar-refractivity contribution in [2.75, 3.05) is 19.7 Å². The van der Waals surface area contributed by atoms with Gasteiger partial charge in [-0.3, -0.25) is 0 Å². The predicted octanol–water partition coefficient (Wildman–Crippen LogP) is 7.94. The van der Waals surface area contributed by atoms with Crippen LogP contribution in [0.4, 0.5) is 9.18 Å². The number of amides is 1. The third kappa shape index (κ3) is 7.00. The number of benzene rings is 1. The first-order valence-corrected chi connectivity index (χ1v) is 17.9. The first-order valence-electron chi connectivity index (χ1n) is 13.0. The first-order chi connectivity index (χ1) is 17.7. The van der Waals surface area contributed by atoms with E-state index in [1.165, 1.54) is 0 Å². The summed E-state index contributed by atoms with van der Waals surface area (Å²) in [5.74, 6) is -0.327. The van der Waals surface area contributed by atoms with Crippen LogP contribution in [0.15, 0.2) is 29.0 Å². The van der Waals surface area contributed by atoms with E-state index >= 15 is 0 Å². The molecule has 3 aromatic rings. The SMILES string of the molecule is CC(C)(C)OC(=O)N1CCC(n2cc(-c3cn(COCC[Si](C)(C)C)nc3Cl)c3cc(Br)c(F)cc32)CC1. The molecule has 11 heteroatoms. The number of fused-ring (bicyclic) bond motifs is 1. The summed E-state index contributed by atoms with van der Waals surface area (Å²) in [6.45, 7) is 14.7. The Morgan fingerprint density at radius 3 is 2.50 bits per heavy atom. The van der Waals surface area contributed by atoms with E-state index in [1.807, 2.05) is 33.2 Å². The zero-order chi connectivity index (χ0) is 27.8. The van der Waals surface area contributed by atoms with Gasteiger partial charge in [-0.2, -0.15) is 5.10 Å². The topological polar surface area (TPSA) is 61.5 Å². The second kappa shape index (κ2) is 11.3. The minimum absolute atomic E-state index is 0.101. The van der Waals surface area contributed by atoms with Crippen LogP contribution in [0.3, 0.4) is 0 Å². The van der Waals surface area contributed by atoms with Crippen molar-refractivity contribution in [1.29, 1.82) is 0 Å². The van der Waals surface area contributed by atoms with E-state index in [9.17, 15) is 9.18 Å². The number of ether oxygens (including phenoxy) is 2. The molecule has 1 aliphatic heterocycles. The van der Waals surface area contributed by atoms with Crippen molar-refractivity contribution < 1.29 is 18.7 Å². The summed E-state index contributed by atoms with van der Waals surface area (Å²) in [6, 6.07) is 4.53. The van der Waals surface area contributed by atoms with E-state index in [2.05, 4.69) is 45.2 Å². The molecule has 1 amide bonds. The van der Waals surface area contributed by atoms with Crippen LogP contribution in [0.5, 0.6) is 0 Å². The summed E-state index contributed by atoms with van der Waals surface area (Å²) < 4.78 is 30.3. The number of hydrogen-bond donors (Lipinski definition) is 0. The fourth-order valence-corrected chi connectivity index (χ4v) is 5.94. The molecule has 0 N–H and O–H groups in total. The number of rotatable bonds is 7. The molecular weight excluding hydrogens is 591 g/mol. The predicted molar refractivity (Wildman–Crippen MR) is 156 cm³/mol. The highest BCUT2D eigenvalue weighted by molar-refractivity contribution is 9.10. The molecule has 38 heavy (non-hydrogen) atoms. The molecule has 4 rings (SSSR count). The van der Waals surface area contributed by atoms with Gasteiger partial charge in [0.25, 0.3) is 0 Å². The molecule has 0 atom stereocenters. The molecule has 0 unspecified atom stereocenters. The highest BCUT2D eigenvalue weighted by atomic mass is 79.9. The van der Waals surface area contributed by atoms with Gasteiger partial charge in [-0.05, 0) is 67.7 Å². The minimum Gasteiger partial charge on any atom is -0.444 e. The zero-order valence-corrected chi connectivity index (χ0v) is 26.3. The van der Waals surface area contributed by atoms with E-state index in [-0.39, 0.29) is 18.0 Å². The Morgan fingerprint density at radius 1 is 1.18 bits per heavy atom. The van der Waals surface area contributed by atoms with Crippen molar-refractivity contribution in [3.8, 4) is 11.1 Å². The largest absolute Gasteiger partial charge is 0.444 e. The molecule has 2 aromatic heterocycles. The molecule has 3 heterocycles. The molecule has 0 saturated carbocycles. The number of carbonyl (C=O) groups excluding carboxylic acids is 1. The van der Waals surface area contributed by atoms with Crippen LogP contribution in [0.25, 0.3) is 22.0 Å². The van der Waals surface area contributed by atoms with E-state index in [1.54, 1.807) is 21.7 Å². The van der Waals surface area contributed by atoms with Gasteiger partial charge in [-0.25, -0.2) is 13.9 Å². The third-order valence-corrected chi connectivity index (χ3v) is 9.20. The van der Waals surface area contributed by atoms with Crippen LogP contribution in [0.2, 0.25) is 30.8 Å². The maximum atomic E-state index is 14.7. The van der Waals surface area contributed by atoms with Crippen LogP contribution < -0.4 is 0 Å². The number of nitrogens with zero attached hydrogens (tertiary/aromatic N) is 4. The van der Waals surface area contributed by atoms with Crippen LogP contribution in [-0.4, -0.2) is 58.7 Å². The van der Waals surface area contributed by atoms with Crippen LogP contribution in [0, 0.1) is 5.82 Å². The molecule has 1 aromatic carbocycles. The van der Waals surface area contributed by atoms with Crippen molar-refractivity contribution in [2.24, 2.45) is 0 Å². The number of likely N-dealkylation sites (tertiary alicyclic amines) is 1. The van der Waals surface area contributed by atoms with Crippen LogP contribution >= 0.6 is 27.5 Å². The second-order valence-electron chi connectivity index (χ2n) is 12.2. The first kappa shape index (κ1) is 29.1. The quantitative estimate of drug-likeness (QED) is 0.197. The van der Waals surface area contributed by atoms with E-state index in [4.69, 9.17) is 21.1 Å². The summed E-state index contributed by atoms with van der Waals surface area (Å²) in [4.78, 5) is 14.3. The Kier molecular flexibility index (Phi) is 8.66. The van der Waals surface area contributed by atoms with Crippen molar-refractivity contribution >= 4 is 52.6 Å². The molecule has 1 fully saturated rings. The Hall–Kier alpha value is -1.88. The number of piperidine rings is 1. The fourth-order valence-electron chi connectivity index (χ4n) is 4.59. The average molecular weight is 628 g/mol. The normalized spacial score (nSPS) is 15.4. The van der Waals surface area contributed by atoms with Crippen LogP contribution in [0.1, 0.15) is 39.7 Å². The van der Waals surface area contributed by atoms with Gasteiger partial charge in [-0.15, -0.1) is 0 Å². The molecule has 1 aliphatic rings. The summed E-state index contributed by atoms with van der Waals surface area (Å²) >= 11 is 9.95. The standard InChI is InChI=1S/C27H37BrClFN4O3Si/c1-27(2,3)37-26(35)32-9-7-18(8-10-32)34-16-20(19-13-22(28)23(30)14-24(19)34)21-15-33(31-25(21)29)17-36-11-12-38(4,5)6/h13-16,18H,7-12,17H2,1-6H3. The highest BCUT2D eigenvalue weighted by Gasteiger charge is 2.29. The molecule has 0 spiro atoms. The van der Waals surface area contributed by atoms with Crippen molar-refractivity contribution in [1.82, 2.24) is 19.2 Å². The molecular formula is C27H37BrClFN4O3Si. The molecule has 208 valence electrons. The van der Waals surface area contributed by atoms with E-state index in [0.717, 1.165) is 40.9 Å². The van der Waals surface area contributed by atoms with Gasteiger partial charge in [0.15, 0.2) is 5.15 Å². The van der Waals surface area contributed by atoms with Crippen molar-refractivity contribution in [2.45, 2.75) is 77.7 Å². The Labute approximate surface area is 238 Å². The van der Waals surface area contributed by atoms with Gasteiger partial charge in [0.2, 0.25) is 0 Å². The lowest BCUT2D eigenvalue weighted by atomic mass is 10.0. The molecule has 0 aliphatic carbocycles. The highest BCUT2D eigenvalue weighted by Crippen LogP contribution is 2.39. The number of halogens is 3. The lowest BCUT2D eigenvalue weighted by Gasteiger charge is -2.34. The van der Waals surface area contributed by atoms with E-state index < -0.39 is 13.7 Å².